The first-order chi connectivity index (χ1) is 10.3. The Morgan fingerprint density at radius 2 is 1.68 bits per heavy atom. The Hall–Kier alpha value is -1.31. The molecule has 0 rings (SSSR count). The van der Waals surface area contributed by atoms with Crippen LogP contribution in [0.4, 0.5) is 0 Å². The first-order valence-corrected chi connectivity index (χ1v) is 8.56. The lowest BCUT2D eigenvalue weighted by molar-refractivity contribution is -0.131. The molecule has 0 aromatic rings. The van der Waals surface area contributed by atoms with E-state index in [0.717, 1.165) is 23.8 Å². The van der Waals surface area contributed by atoms with Crippen molar-refractivity contribution in [3.05, 3.63) is 35.5 Å². The van der Waals surface area contributed by atoms with Crippen LogP contribution in [-0.2, 0) is 4.79 Å². The second-order valence-corrected chi connectivity index (χ2v) is 6.92. The zero-order valence-corrected chi connectivity index (χ0v) is 15.1. The van der Waals surface area contributed by atoms with E-state index in [1.54, 1.807) is 6.92 Å². The minimum atomic E-state index is -0.894. The Kier molecular flexibility index (Phi) is 11.5. The fourth-order valence-electron chi connectivity index (χ4n) is 2.44. The van der Waals surface area contributed by atoms with Crippen LogP contribution >= 0.6 is 0 Å². The predicted octanol–water partition coefficient (Wildman–Crippen LogP) is 6.15. The van der Waals surface area contributed by atoms with Crippen molar-refractivity contribution in [1.29, 1.82) is 0 Å². The largest absolute Gasteiger partial charge is 0.478 e. The quantitative estimate of drug-likeness (QED) is 0.367. The van der Waals surface area contributed by atoms with E-state index in [1.807, 2.05) is 12.2 Å². The van der Waals surface area contributed by atoms with Crippen molar-refractivity contribution in [2.75, 3.05) is 0 Å². The van der Waals surface area contributed by atoms with E-state index in [-0.39, 0.29) is 0 Å². The van der Waals surface area contributed by atoms with Gasteiger partial charge in [0.25, 0.3) is 0 Å². The number of rotatable bonds is 11. The summed E-state index contributed by atoms with van der Waals surface area (Å²) < 4.78 is 0. The Morgan fingerprint density at radius 1 is 1.05 bits per heavy atom. The van der Waals surface area contributed by atoms with Crippen molar-refractivity contribution >= 4 is 5.97 Å². The van der Waals surface area contributed by atoms with Gasteiger partial charge in [0.2, 0.25) is 0 Å². The summed E-state index contributed by atoms with van der Waals surface area (Å²) >= 11 is 0. The zero-order chi connectivity index (χ0) is 17.0. The molecule has 0 saturated carbocycles. The number of hydrogen-bond donors (Lipinski definition) is 1. The van der Waals surface area contributed by atoms with Crippen molar-refractivity contribution in [3.8, 4) is 0 Å². The second kappa shape index (κ2) is 12.3. The van der Waals surface area contributed by atoms with Gasteiger partial charge in [-0.15, -0.1) is 0 Å². The van der Waals surface area contributed by atoms with E-state index >= 15 is 0 Å². The SMILES string of the molecule is CC(C=CC=C(C)CCCC(C)CCCC(C)C)=CC(=O)O. The average molecular weight is 306 g/mol. The van der Waals surface area contributed by atoms with E-state index in [4.69, 9.17) is 5.11 Å². The molecular formula is C20H34O2. The molecule has 1 atom stereocenters. The summed E-state index contributed by atoms with van der Waals surface area (Å²) in [5, 5.41) is 8.63. The predicted molar refractivity (Wildman–Crippen MR) is 96.0 cm³/mol. The van der Waals surface area contributed by atoms with E-state index in [1.165, 1.54) is 43.8 Å². The normalized spacial score (nSPS) is 14.8. The number of carboxylic acid groups (broad SMARTS) is 1. The molecule has 126 valence electrons. The van der Waals surface area contributed by atoms with Gasteiger partial charge in [-0.3, -0.25) is 0 Å². The highest BCUT2D eigenvalue weighted by molar-refractivity contribution is 5.81. The highest BCUT2D eigenvalue weighted by Gasteiger charge is 2.03. The third-order valence-corrected chi connectivity index (χ3v) is 3.84. The third kappa shape index (κ3) is 13.7. The monoisotopic (exact) mass is 306 g/mol. The lowest BCUT2D eigenvalue weighted by Crippen LogP contribution is -1.97. The van der Waals surface area contributed by atoms with Crippen molar-refractivity contribution in [1.82, 2.24) is 0 Å². The summed E-state index contributed by atoms with van der Waals surface area (Å²) in [5.74, 6) is 0.750. The summed E-state index contributed by atoms with van der Waals surface area (Å²) in [7, 11) is 0. The van der Waals surface area contributed by atoms with Crippen LogP contribution in [-0.4, -0.2) is 11.1 Å². The molecule has 0 aromatic heterocycles. The van der Waals surface area contributed by atoms with Crippen LogP contribution in [0.2, 0.25) is 0 Å². The van der Waals surface area contributed by atoms with Gasteiger partial charge in [0.15, 0.2) is 0 Å². The molecule has 0 aliphatic carbocycles. The van der Waals surface area contributed by atoms with Crippen LogP contribution in [0.3, 0.4) is 0 Å². The van der Waals surface area contributed by atoms with E-state index in [9.17, 15) is 4.79 Å². The van der Waals surface area contributed by atoms with Crippen LogP contribution < -0.4 is 0 Å². The number of aliphatic carboxylic acids is 1. The molecule has 0 aliphatic rings. The van der Waals surface area contributed by atoms with Gasteiger partial charge < -0.3 is 5.11 Å². The Balaban J connectivity index is 3.93. The number of carboxylic acids is 1. The fourth-order valence-corrected chi connectivity index (χ4v) is 2.44. The molecule has 1 N–H and O–H groups in total. The Bertz CT molecular complexity index is 400. The molecule has 0 radical (unpaired) electrons. The van der Waals surface area contributed by atoms with Crippen molar-refractivity contribution in [2.24, 2.45) is 11.8 Å². The number of allylic oxidation sites excluding steroid dienone is 5. The van der Waals surface area contributed by atoms with Crippen molar-refractivity contribution < 1.29 is 9.90 Å². The molecular weight excluding hydrogens is 272 g/mol. The number of carbonyl (C=O) groups is 1. The van der Waals surface area contributed by atoms with E-state index in [0.29, 0.717) is 0 Å². The highest BCUT2D eigenvalue weighted by Crippen LogP contribution is 2.19. The van der Waals surface area contributed by atoms with Crippen LogP contribution in [0.5, 0.6) is 0 Å². The lowest BCUT2D eigenvalue weighted by atomic mass is 9.94. The molecule has 0 aliphatic heterocycles. The third-order valence-electron chi connectivity index (χ3n) is 3.84. The maximum atomic E-state index is 10.5. The van der Waals surface area contributed by atoms with Crippen LogP contribution in [0.25, 0.3) is 0 Å². The minimum Gasteiger partial charge on any atom is -0.478 e. The molecule has 1 unspecified atom stereocenters. The summed E-state index contributed by atoms with van der Waals surface area (Å²) in [6.07, 6.45) is 14.8. The molecule has 0 amide bonds. The minimum absolute atomic E-state index is 0.760. The van der Waals surface area contributed by atoms with Gasteiger partial charge in [-0.05, 0) is 44.1 Å². The lowest BCUT2D eigenvalue weighted by Gasteiger charge is -2.12. The topological polar surface area (TPSA) is 37.3 Å². The summed E-state index contributed by atoms with van der Waals surface area (Å²) in [5.41, 5.74) is 2.11. The maximum Gasteiger partial charge on any atom is 0.328 e. The zero-order valence-electron chi connectivity index (χ0n) is 15.1. The van der Waals surface area contributed by atoms with Gasteiger partial charge >= 0.3 is 5.97 Å². The molecule has 2 nitrogen and oxygen atoms in total. The van der Waals surface area contributed by atoms with Crippen LogP contribution in [0.15, 0.2) is 35.5 Å². The molecule has 0 spiro atoms. The van der Waals surface area contributed by atoms with Gasteiger partial charge in [-0.1, -0.05) is 70.3 Å². The average Bonchev–Trinajstić information content (AvgIpc) is 2.37. The van der Waals surface area contributed by atoms with Gasteiger partial charge in [0.05, 0.1) is 0 Å². The molecule has 0 heterocycles. The number of hydrogen-bond acceptors (Lipinski definition) is 1. The van der Waals surface area contributed by atoms with Gasteiger partial charge in [0.1, 0.15) is 0 Å². The van der Waals surface area contributed by atoms with Gasteiger partial charge in [-0.25, -0.2) is 4.79 Å². The smallest absolute Gasteiger partial charge is 0.328 e. The van der Waals surface area contributed by atoms with Crippen LogP contribution in [0.1, 0.15) is 73.1 Å². The summed E-state index contributed by atoms with van der Waals surface area (Å²) in [4.78, 5) is 10.5. The summed E-state index contributed by atoms with van der Waals surface area (Å²) in [6.45, 7) is 10.9. The van der Waals surface area contributed by atoms with Crippen molar-refractivity contribution in [2.45, 2.75) is 73.1 Å². The second-order valence-electron chi connectivity index (χ2n) is 6.92. The highest BCUT2D eigenvalue weighted by atomic mass is 16.4. The Morgan fingerprint density at radius 3 is 2.27 bits per heavy atom. The van der Waals surface area contributed by atoms with Gasteiger partial charge in [0, 0.05) is 6.08 Å². The van der Waals surface area contributed by atoms with Crippen molar-refractivity contribution in [3.63, 3.8) is 0 Å². The first-order valence-electron chi connectivity index (χ1n) is 8.56. The van der Waals surface area contributed by atoms with Crippen LogP contribution in [0, 0.1) is 11.8 Å². The molecule has 2 heteroatoms. The molecule has 22 heavy (non-hydrogen) atoms. The molecule has 0 bridgehead atoms. The molecule has 0 aromatic carbocycles. The van der Waals surface area contributed by atoms with E-state index < -0.39 is 5.97 Å². The molecule has 0 fully saturated rings. The maximum absolute atomic E-state index is 10.5. The fraction of sp³-hybridized carbons (Fsp3) is 0.650. The van der Waals surface area contributed by atoms with Gasteiger partial charge in [-0.2, -0.15) is 0 Å². The Labute approximate surface area is 137 Å². The summed E-state index contributed by atoms with van der Waals surface area (Å²) in [6, 6.07) is 0. The first kappa shape index (κ1) is 20.7. The standard InChI is InChI=1S/C20H34O2/c1-16(2)9-6-10-17(3)11-7-12-18(4)13-8-14-19(5)15-20(21)22/h8,13-17H,6-7,9-12H2,1-5H3,(H,21,22). The molecule has 0 saturated heterocycles. The van der Waals surface area contributed by atoms with E-state index in [2.05, 4.69) is 33.8 Å².